The zero-order chi connectivity index (χ0) is 17.4. The number of nitrogens with one attached hydrogen (secondary N) is 1. The molecule has 0 aliphatic rings. The molecule has 3 aromatic heterocycles. The molecule has 0 bridgehead atoms. The third-order valence-corrected chi connectivity index (χ3v) is 4.83. The lowest BCUT2D eigenvalue weighted by atomic mass is 10.3. The molecule has 0 saturated carbocycles. The molecule has 0 atom stereocenters. The Morgan fingerprint density at radius 1 is 1.32 bits per heavy atom. The summed E-state index contributed by atoms with van der Waals surface area (Å²) in [6.45, 7) is 3.65. The second-order valence-electron chi connectivity index (χ2n) is 5.58. The highest BCUT2D eigenvalue weighted by Gasteiger charge is 2.17. The van der Waals surface area contributed by atoms with Crippen molar-refractivity contribution in [2.45, 2.75) is 20.4 Å². The van der Waals surface area contributed by atoms with Crippen LogP contribution in [0, 0.1) is 6.92 Å². The Morgan fingerprint density at radius 2 is 2.12 bits per heavy atom. The summed E-state index contributed by atoms with van der Waals surface area (Å²) >= 11 is 1.56. The number of carbonyl (C=O) groups is 1. The fraction of sp³-hybridized carbons (Fsp3) is 0.176. The average Bonchev–Trinajstić information content (AvgIpc) is 3.30. The van der Waals surface area contributed by atoms with Crippen LogP contribution in [0.1, 0.15) is 18.5 Å². The summed E-state index contributed by atoms with van der Waals surface area (Å²) in [5.41, 5.74) is 1.96. The molecule has 1 amide bonds. The van der Waals surface area contributed by atoms with Crippen molar-refractivity contribution in [3.63, 3.8) is 0 Å². The van der Waals surface area contributed by atoms with E-state index in [1.807, 2.05) is 48.0 Å². The number of hydrogen-bond donors (Lipinski definition) is 1. The van der Waals surface area contributed by atoms with Gasteiger partial charge in [-0.2, -0.15) is 10.1 Å². The molecule has 0 fully saturated rings. The van der Waals surface area contributed by atoms with Crippen LogP contribution in [-0.2, 0) is 11.3 Å². The standard InChI is InChI=1S/C17H15N5O2S/c1-10-13-8-14(16-19-15(24-21-16)9-18-11(2)23)25-17(13)22(20-10)12-6-4-3-5-7-12/h3-8H,9H2,1-2H3,(H,18,23). The van der Waals surface area contributed by atoms with Gasteiger partial charge in [0.2, 0.25) is 17.6 Å². The van der Waals surface area contributed by atoms with E-state index in [2.05, 4.69) is 20.6 Å². The van der Waals surface area contributed by atoms with Gasteiger partial charge in [-0.1, -0.05) is 23.4 Å². The molecule has 0 radical (unpaired) electrons. The minimum absolute atomic E-state index is 0.139. The average molecular weight is 353 g/mol. The summed E-state index contributed by atoms with van der Waals surface area (Å²) in [4.78, 5) is 17.3. The zero-order valence-corrected chi connectivity index (χ0v) is 14.5. The molecular formula is C17H15N5O2S. The zero-order valence-electron chi connectivity index (χ0n) is 13.7. The lowest BCUT2D eigenvalue weighted by molar-refractivity contribution is -0.119. The van der Waals surface area contributed by atoms with Crippen molar-refractivity contribution in [1.29, 1.82) is 0 Å². The number of aromatic nitrogens is 4. The van der Waals surface area contributed by atoms with E-state index in [1.165, 1.54) is 6.92 Å². The lowest BCUT2D eigenvalue weighted by Gasteiger charge is -2.00. The highest BCUT2D eigenvalue weighted by atomic mass is 32.1. The molecule has 1 aromatic carbocycles. The smallest absolute Gasteiger partial charge is 0.246 e. The first-order chi connectivity index (χ1) is 12.1. The van der Waals surface area contributed by atoms with Crippen LogP contribution in [0.25, 0.3) is 26.6 Å². The van der Waals surface area contributed by atoms with Crippen LogP contribution in [-0.4, -0.2) is 25.8 Å². The van der Waals surface area contributed by atoms with Gasteiger partial charge >= 0.3 is 0 Å². The van der Waals surface area contributed by atoms with Gasteiger partial charge < -0.3 is 9.84 Å². The molecule has 8 heteroatoms. The van der Waals surface area contributed by atoms with Gasteiger partial charge in [0.05, 0.1) is 22.8 Å². The van der Waals surface area contributed by atoms with Crippen molar-refractivity contribution in [1.82, 2.24) is 25.2 Å². The van der Waals surface area contributed by atoms with Crippen molar-refractivity contribution in [3.05, 3.63) is 48.0 Å². The van der Waals surface area contributed by atoms with E-state index in [0.29, 0.717) is 11.7 Å². The Hall–Kier alpha value is -3.00. The maximum absolute atomic E-state index is 11.0. The first-order valence-electron chi connectivity index (χ1n) is 7.74. The van der Waals surface area contributed by atoms with Gasteiger partial charge in [0.15, 0.2) is 0 Å². The Kier molecular flexibility index (Phi) is 3.81. The Morgan fingerprint density at radius 3 is 2.88 bits per heavy atom. The Balaban J connectivity index is 1.71. The molecule has 3 heterocycles. The quantitative estimate of drug-likeness (QED) is 0.609. The minimum Gasteiger partial charge on any atom is -0.347 e. The van der Waals surface area contributed by atoms with Crippen molar-refractivity contribution in [3.8, 4) is 16.4 Å². The fourth-order valence-corrected chi connectivity index (χ4v) is 3.64. The van der Waals surface area contributed by atoms with E-state index in [1.54, 1.807) is 11.3 Å². The van der Waals surface area contributed by atoms with Crippen LogP contribution in [0.5, 0.6) is 0 Å². The second-order valence-corrected chi connectivity index (χ2v) is 6.61. The number of para-hydroxylation sites is 1. The van der Waals surface area contributed by atoms with Gasteiger partial charge in [0, 0.05) is 12.3 Å². The molecular weight excluding hydrogens is 338 g/mol. The number of amides is 1. The molecule has 126 valence electrons. The van der Waals surface area contributed by atoms with Crippen molar-refractivity contribution in [2.75, 3.05) is 0 Å². The number of nitrogens with zero attached hydrogens (tertiary/aromatic N) is 4. The van der Waals surface area contributed by atoms with Gasteiger partial charge in [-0.3, -0.25) is 4.79 Å². The Bertz CT molecular complexity index is 1050. The first-order valence-corrected chi connectivity index (χ1v) is 8.55. The van der Waals surface area contributed by atoms with Crippen molar-refractivity contribution >= 4 is 27.5 Å². The predicted octanol–water partition coefficient (Wildman–Crippen LogP) is 3.08. The summed E-state index contributed by atoms with van der Waals surface area (Å²) in [7, 11) is 0. The number of aryl methyl sites for hydroxylation is 1. The van der Waals surface area contributed by atoms with Crippen molar-refractivity contribution in [2.24, 2.45) is 0 Å². The highest BCUT2D eigenvalue weighted by molar-refractivity contribution is 7.21. The van der Waals surface area contributed by atoms with E-state index in [4.69, 9.17) is 4.52 Å². The van der Waals surface area contributed by atoms with Crippen molar-refractivity contribution < 1.29 is 9.32 Å². The van der Waals surface area contributed by atoms with Crippen LogP contribution < -0.4 is 5.32 Å². The summed E-state index contributed by atoms with van der Waals surface area (Å²) in [5.74, 6) is 0.754. The molecule has 0 saturated heterocycles. The molecule has 4 rings (SSSR count). The molecule has 0 aliphatic carbocycles. The summed E-state index contributed by atoms with van der Waals surface area (Å²) < 4.78 is 7.12. The highest BCUT2D eigenvalue weighted by Crippen LogP contribution is 2.35. The second kappa shape index (κ2) is 6.14. The summed E-state index contributed by atoms with van der Waals surface area (Å²) in [6.07, 6.45) is 0. The first kappa shape index (κ1) is 15.5. The molecule has 0 unspecified atom stereocenters. The molecule has 7 nitrogen and oxygen atoms in total. The van der Waals surface area contributed by atoms with Crippen LogP contribution >= 0.6 is 11.3 Å². The van der Waals surface area contributed by atoms with Crippen LogP contribution in [0.15, 0.2) is 40.9 Å². The number of thiophene rings is 1. The molecule has 0 spiro atoms. The van der Waals surface area contributed by atoms with Gasteiger partial charge in [-0.15, -0.1) is 11.3 Å². The summed E-state index contributed by atoms with van der Waals surface area (Å²) in [5, 5.41) is 12.3. The van der Waals surface area contributed by atoms with Gasteiger partial charge in [-0.25, -0.2) is 4.68 Å². The number of fused-ring (bicyclic) bond motifs is 1. The number of hydrogen-bond acceptors (Lipinski definition) is 6. The largest absolute Gasteiger partial charge is 0.347 e. The van der Waals surface area contributed by atoms with Crippen LogP contribution in [0.4, 0.5) is 0 Å². The topological polar surface area (TPSA) is 85.8 Å². The fourth-order valence-electron chi connectivity index (χ4n) is 2.53. The van der Waals surface area contributed by atoms with Gasteiger partial charge in [-0.05, 0) is 25.1 Å². The van der Waals surface area contributed by atoms with E-state index < -0.39 is 0 Å². The SMILES string of the molecule is CC(=O)NCc1nc(-c2cc3c(C)nn(-c4ccccc4)c3s2)no1. The van der Waals surface area contributed by atoms with Gasteiger partial charge in [0.25, 0.3) is 0 Å². The normalized spacial score (nSPS) is 11.1. The van der Waals surface area contributed by atoms with E-state index in [0.717, 1.165) is 26.5 Å². The number of benzene rings is 1. The van der Waals surface area contributed by atoms with Crippen LogP contribution in [0.2, 0.25) is 0 Å². The predicted molar refractivity (Wildman–Crippen MR) is 94.5 cm³/mol. The van der Waals surface area contributed by atoms with Crippen LogP contribution in [0.3, 0.4) is 0 Å². The lowest BCUT2D eigenvalue weighted by Crippen LogP contribution is -2.18. The maximum atomic E-state index is 11.0. The molecule has 25 heavy (non-hydrogen) atoms. The number of rotatable bonds is 4. The minimum atomic E-state index is -0.139. The summed E-state index contributed by atoms with van der Waals surface area (Å²) in [6, 6.07) is 12.0. The number of carbonyl (C=O) groups excluding carboxylic acids is 1. The molecule has 0 aliphatic heterocycles. The maximum Gasteiger partial charge on any atom is 0.246 e. The Labute approximate surface area is 147 Å². The third kappa shape index (κ3) is 2.91. The monoisotopic (exact) mass is 353 g/mol. The van der Waals surface area contributed by atoms with E-state index >= 15 is 0 Å². The molecule has 1 N–H and O–H groups in total. The third-order valence-electron chi connectivity index (χ3n) is 3.72. The van der Waals surface area contributed by atoms with E-state index in [9.17, 15) is 4.79 Å². The molecule has 4 aromatic rings. The van der Waals surface area contributed by atoms with E-state index in [-0.39, 0.29) is 12.5 Å². The van der Waals surface area contributed by atoms with Gasteiger partial charge in [0.1, 0.15) is 4.83 Å².